The number of aromatic nitrogens is 6. The smallest absolute Gasteiger partial charge is 0.341 e. The first-order chi connectivity index (χ1) is 20.2. The van der Waals surface area contributed by atoms with Crippen molar-refractivity contribution >= 4 is 29.0 Å². The first-order valence-electron chi connectivity index (χ1n) is 14.2. The fourth-order valence-electron chi connectivity index (χ4n) is 6.11. The zero-order valence-electron chi connectivity index (χ0n) is 22.5. The highest BCUT2D eigenvalue weighted by Crippen LogP contribution is 2.43. The fraction of sp³-hybridized carbons (Fsp3) is 0.414. The summed E-state index contributed by atoms with van der Waals surface area (Å²) in [4.78, 5) is 30.7. The molecule has 0 unspecified atom stereocenters. The maximum atomic E-state index is 13.4. The van der Waals surface area contributed by atoms with Gasteiger partial charge in [0.1, 0.15) is 17.2 Å². The van der Waals surface area contributed by atoms with Crippen LogP contribution in [-0.4, -0.2) is 47.8 Å². The van der Waals surface area contributed by atoms with Crippen molar-refractivity contribution in [2.75, 3.05) is 16.3 Å². The van der Waals surface area contributed by atoms with E-state index < -0.39 is 11.9 Å². The van der Waals surface area contributed by atoms with E-state index in [1.165, 1.54) is 0 Å². The highest BCUT2D eigenvalue weighted by Gasteiger charge is 2.41. The maximum Gasteiger partial charge on any atom is 0.434 e. The van der Waals surface area contributed by atoms with E-state index in [2.05, 4.69) is 15.1 Å². The summed E-state index contributed by atoms with van der Waals surface area (Å²) in [5, 5.41) is 4.94. The summed E-state index contributed by atoms with van der Waals surface area (Å²) < 4.78 is 43.6. The van der Waals surface area contributed by atoms with Crippen LogP contribution in [0.15, 0.2) is 36.8 Å². The van der Waals surface area contributed by atoms with E-state index >= 15 is 0 Å². The normalized spacial score (nSPS) is 18.5. The molecule has 2 saturated carbocycles. The van der Waals surface area contributed by atoms with Crippen LogP contribution in [0.5, 0.6) is 0 Å². The Balaban J connectivity index is 1.16. The number of carbonyl (C=O) groups is 1. The number of rotatable bonds is 5. The van der Waals surface area contributed by atoms with Crippen molar-refractivity contribution in [3.05, 3.63) is 58.6 Å². The number of alkyl halides is 3. The second-order valence-corrected chi connectivity index (χ2v) is 11.9. The van der Waals surface area contributed by atoms with E-state index in [9.17, 15) is 18.0 Å². The van der Waals surface area contributed by atoms with Crippen molar-refractivity contribution in [2.24, 2.45) is 0 Å². The van der Waals surface area contributed by atoms with Gasteiger partial charge in [0.05, 0.1) is 30.0 Å². The Labute approximate surface area is 243 Å². The molecule has 2 aliphatic heterocycles. The van der Waals surface area contributed by atoms with E-state index in [0.29, 0.717) is 58.9 Å². The molecule has 5 heterocycles. The predicted octanol–water partition coefficient (Wildman–Crippen LogP) is 5.67. The van der Waals surface area contributed by atoms with Crippen LogP contribution >= 0.6 is 11.6 Å². The molecule has 4 aliphatic rings. The molecule has 0 radical (unpaired) electrons. The third-order valence-corrected chi connectivity index (χ3v) is 8.64. The number of anilines is 2. The number of fused-ring (bicyclic) bond motifs is 4. The van der Waals surface area contributed by atoms with Gasteiger partial charge in [0.2, 0.25) is 5.91 Å². The molecule has 4 aromatic rings. The lowest BCUT2D eigenvalue weighted by Gasteiger charge is -2.36. The average Bonchev–Trinajstić information content (AvgIpc) is 3.89. The Bertz CT molecular complexity index is 1740. The van der Waals surface area contributed by atoms with E-state index in [0.717, 1.165) is 49.4 Å². The number of nitrogens with zero attached hydrogens (tertiary/aromatic N) is 8. The van der Waals surface area contributed by atoms with Crippen molar-refractivity contribution < 1.29 is 18.0 Å². The minimum Gasteiger partial charge on any atom is -0.341 e. The van der Waals surface area contributed by atoms with Gasteiger partial charge in [-0.05, 0) is 49.7 Å². The zero-order chi connectivity index (χ0) is 28.7. The van der Waals surface area contributed by atoms with Crippen LogP contribution in [0.25, 0.3) is 22.9 Å². The summed E-state index contributed by atoms with van der Waals surface area (Å²) in [5.41, 5.74) is 3.06. The standard InChI is InChI=1S/C29H26ClF3N8O/c30-21-11-35-41(19-6-7-19)25(21)26-34-12-22-28(37-26)39(15-24(42)40(22)18-4-5-18)13-16-3-8-20-17(10-16)2-1-9-38-14-23(29(31,32)33)36-27(20)38/h3,8,10-12,14,18-19H,1-2,4-7,9,13,15H2. The van der Waals surface area contributed by atoms with Crippen LogP contribution in [0.3, 0.4) is 0 Å². The SMILES string of the molecule is O=C1CN(Cc2ccc3c(c2)CCCn2cc(C(F)(F)F)nc2-3)c2nc(-c3c(Cl)cnn3C3CC3)ncc2N1C1CC1. The quantitative estimate of drug-likeness (QED) is 0.296. The molecule has 2 aliphatic carbocycles. The van der Waals surface area contributed by atoms with Gasteiger partial charge in [-0.25, -0.2) is 15.0 Å². The predicted molar refractivity (Wildman–Crippen MR) is 149 cm³/mol. The fourth-order valence-corrected chi connectivity index (χ4v) is 6.33. The van der Waals surface area contributed by atoms with Gasteiger partial charge in [-0.1, -0.05) is 29.8 Å². The molecule has 1 amide bonds. The minimum absolute atomic E-state index is 0.00104. The molecule has 9 nitrogen and oxygen atoms in total. The Hall–Kier alpha value is -3.93. The molecular weight excluding hydrogens is 569 g/mol. The van der Waals surface area contributed by atoms with Crippen molar-refractivity contribution in [2.45, 2.75) is 69.9 Å². The number of amides is 1. The van der Waals surface area contributed by atoms with Gasteiger partial charge in [-0.3, -0.25) is 9.48 Å². The van der Waals surface area contributed by atoms with E-state index in [1.54, 1.807) is 17.0 Å². The first kappa shape index (κ1) is 25.8. The topological polar surface area (TPSA) is 85.0 Å². The first-order valence-corrected chi connectivity index (χ1v) is 14.6. The van der Waals surface area contributed by atoms with Crippen LogP contribution in [0.1, 0.15) is 55.0 Å². The van der Waals surface area contributed by atoms with Gasteiger partial charge in [-0.15, -0.1) is 0 Å². The number of imidazole rings is 1. The number of aryl methyl sites for hydroxylation is 2. The molecule has 2 fully saturated rings. The molecule has 8 rings (SSSR count). The van der Waals surface area contributed by atoms with E-state index in [1.807, 2.05) is 32.7 Å². The zero-order valence-corrected chi connectivity index (χ0v) is 23.2. The average molecular weight is 595 g/mol. The van der Waals surface area contributed by atoms with Crippen molar-refractivity contribution in [3.63, 3.8) is 0 Å². The lowest BCUT2D eigenvalue weighted by Crippen LogP contribution is -2.47. The molecule has 0 bridgehead atoms. The molecule has 216 valence electrons. The van der Waals surface area contributed by atoms with Gasteiger partial charge in [-0.2, -0.15) is 18.3 Å². The molecule has 0 spiro atoms. The highest BCUT2D eigenvalue weighted by atomic mass is 35.5. The maximum absolute atomic E-state index is 13.4. The lowest BCUT2D eigenvalue weighted by molar-refractivity contribution is -0.140. The van der Waals surface area contributed by atoms with Gasteiger partial charge < -0.3 is 14.4 Å². The van der Waals surface area contributed by atoms with Crippen LogP contribution in [-0.2, 0) is 30.5 Å². The van der Waals surface area contributed by atoms with E-state index in [4.69, 9.17) is 16.6 Å². The molecule has 13 heteroatoms. The summed E-state index contributed by atoms with van der Waals surface area (Å²) in [6, 6.07) is 6.21. The summed E-state index contributed by atoms with van der Waals surface area (Å²) in [6.45, 7) is 1.03. The number of hydrogen-bond acceptors (Lipinski definition) is 6. The number of halogens is 4. The lowest BCUT2D eigenvalue weighted by atomic mass is 10.00. The Morgan fingerprint density at radius 1 is 1.05 bits per heavy atom. The third-order valence-electron chi connectivity index (χ3n) is 8.37. The van der Waals surface area contributed by atoms with Gasteiger partial charge in [0.25, 0.3) is 0 Å². The number of benzene rings is 1. The third kappa shape index (κ3) is 4.34. The molecular formula is C29H26ClF3N8O. The molecule has 0 atom stereocenters. The highest BCUT2D eigenvalue weighted by molar-refractivity contribution is 6.32. The summed E-state index contributed by atoms with van der Waals surface area (Å²) in [6.07, 6.45) is 5.31. The van der Waals surface area contributed by atoms with Crippen LogP contribution in [0, 0.1) is 0 Å². The molecule has 0 saturated heterocycles. The Morgan fingerprint density at radius 2 is 1.86 bits per heavy atom. The van der Waals surface area contributed by atoms with Crippen molar-refractivity contribution in [1.82, 2.24) is 29.3 Å². The van der Waals surface area contributed by atoms with Crippen LogP contribution < -0.4 is 9.80 Å². The largest absolute Gasteiger partial charge is 0.434 e. The van der Waals surface area contributed by atoms with Gasteiger partial charge in [0.15, 0.2) is 17.3 Å². The summed E-state index contributed by atoms with van der Waals surface area (Å²) in [5.74, 6) is 1.46. The number of hydrogen-bond donors (Lipinski definition) is 0. The Morgan fingerprint density at radius 3 is 2.62 bits per heavy atom. The van der Waals surface area contributed by atoms with Crippen LogP contribution in [0.4, 0.5) is 24.7 Å². The monoisotopic (exact) mass is 594 g/mol. The molecule has 3 aromatic heterocycles. The van der Waals surface area contributed by atoms with E-state index in [-0.39, 0.29) is 24.5 Å². The minimum atomic E-state index is -4.50. The Kier molecular flexibility index (Phi) is 5.69. The summed E-state index contributed by atoms with van der Waals surface area (Å²) >= 11 is 6.55. The van der Waals surface area contributed by atoms with Crippen molar-refractivity contribution in [1.29, 1.82) is 0 Å². The molecule has 0 N–H and O–H groups in total. The second kappa shape index (κ2) is 9.29. The van der Waals surface area contributed by atoms with Crippen molar-refractivity contribution in [3.8, 4) is 22.9 Å². The second-order valence-electron chi connectivity index (χ2n) is 11.5. The summed E-state index contributed by atoms with van der Waals surface area (Å²) in [7, 11) is 0. The van der Waals surface area contributed by atoms with Gasteiger partial charge >= 0.3 is 6.18 Å². The van der Waals surface area contributed by atoms with Crippen LogP contribution in [0.2, 0.25) is 5.02 Å². The van der Waals surface area contributed by atoms with Gasteiger partial charge in [0, 0.05) is 30.9 Å². The number of carbonyl (C=O) groups excluding carboxylic acids is 1. The molecule has 1 aromatic carbocycles. The molecule has 42 heavy (non-hydrogen) atoms.